The molecule has 1 aliphatic heterocycles. The molecule has 1 atom stereocenters. The number of amides is 1. The summed E-state index contributed by atoms with van der Waals surface area (Å²) in [5.74, 6) is 0.563. The van der Waals surface area contributed by atoms with Gasteiger partial charge in [0.05, 0.1) is 0 Å². The van der Waals surface area contributed by atoms with Crippen molar-refractivity contribution in [1.82, 2.24) is 14.9 Å². The molecule has 1 fully saturated rings. The normalized spacial score (nSPS) is 19.5. The summed E-state index contributed by atoms with van der Waals surface area (Å²) < 4.78 is 0. The van der Waals surface area contributed by atoms with Crippen LogP contribution >= 0.6 is 0 Å². The third-order valence-electron chi connectivity index (χ3n) is 3.98. The van der Waals surface area contributed by atoms with Gasteiger partial charge in [-0.25, -0.2) is 0 Å². The molecule has 0 spiro atoms. The molecule has 0 radical (unpaired) electrons. The molecule has 3 heterocycles. The number of pyridine rings is 1. The summed E-state index contributed by atoms with van der Waals surface area (Å²) in [5, 5.41) is 1.12. The Bertz CT molecular complexity index is 590. The molecule has 100 valence electrons. The van der Waals surface area contributed by atoms with Crippen LogP contribution in [-0.4, -0.2) is 27.3 Å². The Morgan fingerprint density at radius 3 is 3.26 bits per heavy atom. The molecular weight excluding hydrogens is 238 g/mol. The van der Waals surface area contributed by atoms with Gasteiger partial charge in [0.25, 0.3) is 0 Å². The van der Waals surface area contributed by atoms with Crippen molar-refractivity contribution in [3.8, 4) is 0 Å². The van der Waals surface area contributed by atoms with Gasteiger partial charge in [-0.05, 0) is 24.5 Å². The summed E-state index contributed by atoms with van der Waals surface area (Å²) in [7, 11) is 0. The lowest BCUT2D eigenvalue weighted by atomic mass is 10.0. The quantitative estimate of drug-likeness (QED) is 0.915. The third-order valence-corrected chi connectivity index (χ3v) is 3.98. The summed E-state index contributed by atoms with van der Waals surface area (Å²) >= 11 is 0. The first-order valence-electron chi connectivity index (χ1n) is 6.98. The van der Waals surface area contributed by atoms with Crippen LogP contribution in [0.4, 0.5) is 0 Å². The van der Waals surface area contributed by atoms with Crippen LogP contribution in [0.15, 0.2) is 24.7 Å². The van der Waals surface area contributed by atoms with Gasteiger partial charge < -0.3 is 9.88 Å². The number of aromatic amines is 1. The lowest BCUT2D eigenvalue weighted by Crippen LogP contribution is -2.26. The number of nitrogens with one attached hydrogen (secondary N) is 1. The molecule has 0 bridgehead atoms. The van der Waals surface area contributed by atoms with Crippen molar-refractivity contribution < 1.29 is 4.79 Å². The Morgan fingerprint density at radius 1 is 1.53 bits per heavy atom. The summed E-state index contributed by atoms with van der Waals surface area (Å²) in [6.45, 7) is 3.72. The Labute approximate surface area is 112 Å². The number of nitrogens with zero attached hydrogens (tertiary/aromatic N) is 2. The van der Waals surface area contributed by atoms with E-state index in [-0.39, 0.29) is 5.92 Å². The first kappa shape index (κ1) is 12.2. The summed E-state index contributed by atoms with van der Waals surface area (Å²) in [6, 6.07) is 1.96. The van der Waals surface area contributed by atoms with Crippen LogP contribution in [0.3, 0.4) is 0 Å². The summed E-state index contributed by atoms with van der Waals surface area (Å²) in [6.07, 6.45) is 8.75. The van der Waals surface area contributed by atoms with Crippen molar-refractivity contribution in [3.05, 3.63) is 30.2 Å². The van der Waals surface area contributed by atoms with Crippen molar-refractivity contribution in [2.75, 3.05) is 6.54 Å². The molecule has 4 nitrogen and oxygen atoms in total. The first-order chi connectivity index (χ1) is 9.29. The van der Waals surface area contributed by atoms with Crippen LogP contribution in [0.25, 0.3) is 10.9 Å². The number of carbonyl (C=O) groups excluding carboxylic acids is 1. The van der Waals surface area contributed by atoms with Crippen LogP contribution in [0.5, 0.6) is 0 Å². The summed E-state index contributed by atoms with van der Waals surface area (Å²) in [5.41, 5.74) is 2.25. The molecule has 2 aromatic heterocycles. The maximum atomic E-state index is 12.3. The molecule has 4 heteroatoms. The molecular formula is C15H19N3O. The van der Waals surface area contributed by atoms with E-state index in [2.05, 4.69) is 16.9 Å². The SMILES string of the molecule is CCCC1CCN(Cc2c[nH]c3ccncc23)C1=O. The van der Waals surface area contributed by atoms with Gasteiger partial charge in [0.15, 0.2) is 0 Å². The predicted molar refractivity (Wildman–Crippen MR) is 74.5 cm³/mol. The zero-order valence-electron chi connectivity index (χ0n) is 11.2. The van der Waals surface area contributed by atoms with Gasteiger partial charge in [0, 0.05) is 48.5 Å². The molecule has 1 unspecified atom stereocenters. The lowest BCUT2D eigenvalue weighted by molar-refractivity contribution is -0.131. The number of H-pyrrole nitrogens is 1. The minimum Gasteiger partial charge on any atom is -0.361 e. The fourth-order valence-corrected chi connectivity index (χ4v) is 2.93. The minimum absolute atomic E-state index is 0.244. The number of carbonyl (C=O) groups is 1. The Morgan fingerprint density at radius 2 is 2.42 bits per heavy atom. The number of hydrogen-bond acceptors (Lipinski definition) is 2. The number of fused-ring (bicyclic) bond motifs is 1. The van der Waals surface area contributed by atoms with E-state index in [1.807, 2.05) is 23.4 Å². The van der Waals surface area contributed by atoms with E-state index in [0.717, 1.165) is 42.3 Å². The highest BCUT2D eigenvalue weighted by Gasteiger charge is 2.30. The molecule has 1 amide bonds. The number of rotatable bonds is 4. The highest BCUT2D eigenvalue weighted by Crippen LogP contribution is 2.26. The van der Waals surface area contributed by atoms with Crippen LogP contribution in [-0.2, 0) is 11.3 Å². The van der Waals surface area contributed by atoms with Crippen molar-refractivity contribution >= 4 is 16.8 Å². The zero-order chi connectivity index (χ0) is 13.2. The summed E-state index contributed by atoms with van der Waals surface area (Å²) in [4.78, 5) is 21.6. The van der Waals surface area contributed by atoms with Crippen LogP contribution in [0.2, 0.25) is 0 Å². The monoisotopic (exact) mass is 257 g/mol. The molecule has 19 heavy (non-hydrogen) atoms. The average molecular weight is 257 g/mol. The number of hydrogen-bond donors (Lipinski definition) is 1. The predicted octanol–water partition coefficient (Wildman–Crippen LogP) is 2.71. The second-order valence-corrected chi connectivity index (χ2v) is 5.27. The van der Waals surface area contributed by atoms with E-state index in [1.54, 1.807) is 6.20 Å². The zero-order valence-corrected chi connectivity index (χ0v) is 11.2. The smallest absolute Gasteiger partial charge is 0.226 e. The van der Waals surface area contributed by atoms with Gasteiger partial charge in [0.2, 0.25) is 5.91 Å². The Kier molecular flexibility index (Phi) is 3.23. The van der Waals surface area contributed by atoms with E-state index in [0.29, 0.717) is 12.5 Å². The molecule has 1 saturated heterocycles. The van der Waals surface area contributed by atoms with Crippen LogP contribution in [0, 0.1) is 5.92 Å². The Hall–Kier alpha value is -1.84. The third kappa shape index (κ3) is 2.23. The molecule has 0 aliphatic carbocycles. The van der Waals surface area contributed by atoms with E-state index >= 15 is 0 Å². The second kappa shape index (κ2) is 5.03. The standard InChI is InChI=1S/C15H19N3O/c1-2-3-11-5-7-18(15(11)19)10-12-8-17-14-4-6-16-9-13(12)14/h4,6,8-9,11,17H,2-3,5,7,10H2,1H3. The highest BCUT2D eigenvalue weighted by atomic mass is 16.2. The maximum absolute atomic E-state index is 12.3. The molecule has 0 saturated carbocycles. The van der Waals surface area contributed by atoms with Gasteiger partial charge in [-0.3, -0.25) is 9.78 Å². The van der Waals surface area contributed by atoms with E-state index in [9.17, 15) is 4.79 Å². The van der Waals surface area contributed by atoms with Crippen LogP contribution < -0.4 is 0 Å². The van der Waals surface area contributed by atoms with Crippen molar-refractivity contribution in [1.29, 1.82) is 0 Å². The fraction of sp³-hybridized carbons (Fsp3) is 0.467. The topological polar surface area (TPSA) is 49.0 Å². The minimum atomic E-state index is 0.244. The first-order valence-corrected chi connectivity index (χ1v) is 6.98. The van der Waals surface area contributed by atoms with Gasteiger partial charge in [-0.15, -0.1) is 0 Å². The van der Waals surface area contributed by atoms with E-state index < -0.39 is 0 Å². The van der Waals surface area contributed by atoms with E-state index in [4.69, 9.17) is 0 Å². The van der Waals surface area contributed by atoms with Crippen molar-refractivity contribution in [2.45, 2.75) is 32.7 Å². The molecule has 1 N–H and O–H groups in total. The van der Waals surface area contributed by atoms with Crippen molar-refractivity contribution in [2.24, 2.45) is 5.92 Å². The molecule has 3 rings (SSSR count). The van der Waals surface area contributed by atoms with Gasteiger partial charge in [-0.2, -0.15) is 0 Å². The average Bonchev–Trinajstić information content (AvgIpc) is 2.98. The maximum Gasteiger partial charge on any atom is 0.226 e. The number of likely N-dealkylation sites (tertiary alicyclic amines) is 1. The fourth-order valence-electron chi connectivity index (χ4n) is 2.93. The molecule has 2 aromatic rings. The van der Waals surface area contributed by atoms with Gasteiger partial charge >= 0.3 is 0 Å². The van der Waals surface area contributed by atoms with E-state index in [1.165, 1.54) is 0 Å². The molecule has 0 aromatic carbocycles. The highest BCUT2D eigenvalue weighted by molar-refractivity contribution is 5.84. The number of aromatic nitrogens is 2. The molecule has 1 aliphatic rings. The largest absolute Gasteiger partial charge is 0.361 e. The lowest BCUT2D eigenvalue weighted by Gasteiger charge is -2.16. The van der Waals surface area contributed by atoms with Gasteiger partial charge in [-0.1, -0.05) is 13.3 Å². The van der Waals surface area contributed by atoms with Crippen molar-refractivity contribution in [3.63, 3.8) is 0 Å². The van der Waals surface area contributed by atoms with Gasteiger partial charge in [0.1, 0.15) is 0 Å². The Balaban J connectivity index is 1.77. The van der Waals surface area contributed by atoms with Crippen LogP contribution in [0.1, 0.15) is 31.7 Å². The second-order valence-electron chi connectivity index (χ2n) is 5.27.